The van der Waals surface area contributed by atoms with Gasteiger partial charge in [-0.2, -0.15) is 11.8 Å². The largest absolute Gasteiger partial charge is 0.241 e. The van der Waals surface area contributed by atoms with Gasteiger partial charge in [0, 0.05) is 18.1 Å². The highest BCUT2D eigenvalue weighted by molar-refractivity contribution is 7.98. The van der Waals surface area contributed by atoms with Gasteiger partial charge < -0.3 is 0 Å². The Labute approximate surface area is 149 Å². The van der Waals surface area contributed by atoms with Gasteiger partial charge >= 0.3 is 0 Å². The number of sulfonamides is 1. The second-order valence-electron chi connectivity index (χ2n) is 6.16. The number of thioether (sulfide) groups is 1. The minimum Gasteiger partial charge on any atom is -0.210 e. The van der Waals surface area contributed by atoms with E-state index in [2.05, 4.69) is 35.9 Å². The maximum absolute atomic E-state index is 12.5. The summed E-state index contributed by atoms with van der Waals surface area (Å²) in [5, 5.41) is 0. The van der Waals surface area contributed by atoms with Crippen LogP contribution >= 0.6 is 11.8 Å². The molecule has 0 fully saturated rings. The van der Waals surface area contributed by atoms with E-state index in [-0.39, 0.29) is 0 Å². The number of aryl methyl sites for hydroxylation is 4. The van der Waals surface area contributed by atoms with Crippen molar-refractivity contribution in [2.24, 2.45) is 0 Å². The first-order valence-corrected chi connectivity index (χ1v) is 10.6. The average Bonchev–Trinajstić information content (AvgIpc) is 2.47. The third kappa shape index (κ3) is 5.10. The van der Waals surface area contributed by atoms with Crippen molar-refractivity contribution in [2.75, 3.05) is 12.3 Å². The summed E-state index contributed by atoms with van der Waals surface area (Å²) in [6.07, 6.45) is 0. The Hall–Kier alpha value is -1.30. The summed E-state index contributed by atoms with van der Waals surface area (Å²) in [5.74, 6) is 1.64. The molecule has 1 N–H and O–H groups in total. The summed E-state index contributed by atoms with van der Waals surface area (Å²) < 4.78 is 27.8. The Balaban J connectivity index is 1.88. The van der Waals surface area contributed by atoms with Crippen molar-refractivity contribution < 1.29 is 8.42 Å². The van der Waals surface area contributed by atoms with Crippen LogP contribution < -0.4 is 4.72 Å². The minimum absolute atomic E-state index is 0.414. The molecule has 130 valence electrons. The first-order valence-electron chi connectivity index (χ1n) is 8.00. The van der Waals surface area contributed by atoms with Crippen LogP contribution in [0.1, 0.15) is 27.8 Å². The molecule has 0 saturated carbocycles. The fraction of sp³-hybridized carbons (Fsp3) is 0.368. The van der Waals surface area contributed by atoms with Crippen molar-refractivity contribution in [1.82, 2.24) is 4.72 Å². The van der Waals surface area contributed by atoms with Crippen LogP contribution in [0.25, 0.3) is 0 Å². The van der Waals surface area contributed by atoms with E-state index in [0.717, 1.165) is 28.2 Å². The Kier molecular flexibility index (Phi) is 6.49. The van der Waals surface area contributed by atoms with Gasteiger partial charge in [0.25, 0.3) is 0 Å². The lowest BCUT2D eigenvalue weighted by Crippen LogP contribution is -2.27. The summed E-state index contributed by atoms with van der Waals surface area (Å²) in [5.41, 5.74) is 5.19. The van der Waals surface area contributed by atoms with Gasteiger partial charge in [-0.25, -0.2) is 13.1 Å². The number of rotatable bonds is 7. The molecule has 0 amide bonds. The molecular formula is C19H25NO2S2. The molecule has 5 heteroatoms. The molecule has 0 atom stereocenters. The lowest BCUT2D eigenvalue weighted by molar-refractivity contribution is 0.583. The van der Waals surface area contributed by atoms with E-state index in [9.17, 15) is 8.42 Å². The molecule has 0 aromatic heterocycles. The maximum atomic E-state index is 12.5. The summed E-state index contributed by atoms with van der Waals surface area (Å²) in [6, 6.07) is 12.3. The summed E-state index contributed by atoms with van der Waals surface area (Å²) in [4.78, 5) is 0.414. The van der Waals surface area contributed by atoms with Crippen LogP contribution in [-0.2, 0) is 15.8 Å². The van der Waals surface area contributed by atoms with Gasteiger partial charge in [-0.1, -0.05) is 47.5 Å². The van der Waals surface area contributed by atoms with Crippen molar-refractivity contribution in [2.45, 2.75) is 38.3 Å². The van der Waals surface area contributed by atoms with E-state index in [1.165, 1.54) is 11.1 Å². The molecule has 2 aromatic rings. The van der Waals surface area contributed by atoms with Gasteiger partial charge in [0.15, 0.2) is 0 Å². The van der Waals surface area contributed by atoms with Gasteiger partial charge in [-0.3, -0.25) is 0 Å². The Morgan fingerprint density at radius 3 is 2.08 bits per heavy atom. The molecule has 2 aromatic carbocycles. The standard InChI is InChI=1S/C19H25NO2S2/c1-14-5-7-18(8-6-14)13-23-10-9-20-24(21,22)19-16(3)11-15(2)12-17(19)4/h5-8,11-12,20H,9-10,13H2,1-4H3. The highest BCUT2D eigenvalue weighted by atomic mass is 32.2. The van der Waals surface area contributed by atoms with E-state index in [1.807, 2.05) is 32.9 Å². The predicted molar refractivity (Wildman–Crippen MR) is 103 cm³/mol. The molecule has 2 rings (SSSR count). The van der Waals surface area contributed by atoms with E-state index in [1.54, 1.807) is 11.8 Å². The number of benzene rings is 2. The molecule has 3 nitrogen and oxygen atoms in total. The molecule has 0 unspecified atom stereocenters. The van der Waals surface area contributed by atoms with E-state index >= 15 is 0 Å². The van der Waals surface area contributed by atoms with Gasteiger partial charge in [-0.05, 0) is 44.4 Å². The van der Waals surface area contributed by atoms with E-state index < -0.39 is 10.0 Å². The van der Waals surface area contributed by atoms with Crippen molar-refractivity contribution in [1.29, 1.82) is 0 Å². The molecule has 0 spiro atoms. The smallest absolute Gasteiger partial charge is 0.210 e. The topological polar surface area (TPSA) is 46.2 Å². The Bertz CT molecular complexity index is 774. The molecular weight excluding hydrogens is 338 g/mol. The van der Waals surface area contributed by atoms with Gasteiger partial charge in [0.05, 0.1) is 4.90 Å². The Morgan fingerprint density at radius 2 is 1.50 bits per heavy atom. The first kappa shape index (κ1) is 19.0. The predicted octanol–water partition coefficient (Wildman–Crippen LogP) is 4.13. The normalized spacial score (nSPS) is 11.7. The molecule has 0 aliphatic heterocycles. The highest BCUT2D eigenvalue weighted by Gasteiger charge is 2.19. The van der Waals surface area contributed by atoms with Gasteiger partial charge in [0.1, 0.15) is 0 Å². The van der Waals surface area contributed by atoms with Crippen molar-refractivity contribution >= 4 is 21.8 Å². The van der Waals surface area contributed by atoms with Crippen molar-refractivity contribution in [3.8, 4) is 0 Å². The van der Waals surface area contributed by atoms with Gasteiger partial charge in [-0.15, -0.1) is 0 Å². The lowest BCUT2D eigenvalue weighted by atomic mass is 10.1. The van der Waals surface area contributed by atoms with Gasteiger partial charge in [0.2, 0.25) is 10.0 Å². The van der Waals surface area contributed by atoms with Crippen LogP contribution in [0, 0.1) is 27.7 Å². The zero-order chi connectivity index (χ0) is 17.7. The zero-order valence-electron chi connectivity index (χ0n) is 14.7. The summed E-state index contributed by atoms with van der Waals surface area (Å²) in [6.45, 7) is 8.18. The maximum Gasteiger partial charge on any atom is 0.241 e. The van der Waals surface area contributed by atoms with E-state index in [4.69, 9.17) is 0 Å². The highest BCUT2D eigenvalue weighted by Crippen LogP contribution is 2.21. The van der Waals surface area contributed by atoms with Crippen LogP contribution in [0.5, 0.6) is 0 Å². The monoisotopic (exact) mass is 363 g/mol. The second-order valence-corrected chi connectivity index (χ2v) is 8.97. The van der Waals surface area contributed by atoms with Crippen LogP contribution in [0.2, 0.25) is 0 Å². The van der Waals surface area contributed by atoms with E-state index in [0.29, 0.717) is 11.4 Å². The molecule has 0 aliphatic carbocycles. The molecule has 0 saturated heterocycles. The molecule has 0 aliphatic rings. The average molecular weight is 364 g/mol. The minimum atomic E-state index is -3.45. The van der Waals surface area contributed by atoms with Crippen LogP contribution in [0.3, 0.4) is 0 Å². The molecule has 0 radical (unpaired) electrons. The number of hydrogen-bond donors (Lipinski definition) is 1. The number of hydrogen-bond acceptors (Lipinski definition) is 3. The third-order valence-corrected chi connectivity index (χ3v) is 6.60. The van der Waals surface area contributed by atoms with Crippen LogP contribution in [0.15, 0.2) is 41.3 Å². The molecule has 0 heterocycles. The first-order chi connectivity index (χ1) is 11.3. The zero-order valence-corrected chi connectivity index (χ0v) is 16.4. The SMILES string of the molecule is Cc1ccc(CSCCNS(=O)(=O)c2c(C)cc(C)cc2C)cc1. The molecule has 24 heavy (non-hydrogen) atoms. The quantitative estimate of drug-likeness (QED) is 0.752. The number of nitrogens with one attached hydrogen (secondary N) is 1. The molecule has 0 bridgehead atoms. The third-order valence-electron chi connectivity index (χ3n) is 3.80. The van der Waals surface area contributed by atoms with Crippen molar-refractivity contribution in [3.63, 3.8) is 0 Å². The summed E-state index contributed by atoms with van der Waals surface area (Å²) >= 11 is 1.73. The Morgan fingerprint density at radius 1 is 0.917 bits per heavy atom. The van der Waals surface area contributed by atoms with Crippen LogP contribution in [-0.4, -0.2) is 20.7 Å². The summed E-state index contributed by atoms with van der Waals surface area (Å²) in [7, 11) is -3.45. The lowest BCUT2D eigenvalue weighted by Gasteiger charge is -2.13. The van der Waals surface area contributed by atoms with Crippen molar-refractivity contribution in [3.05, 3.63) is 64.2 Å². The fourth-order valence-corrected chi connectivity index (χ4v) is 5.21. The van der Waals surface area contributed by atoms with Crippen LogP contribution in [0.4, 0.5) is 0 Å². The second kappa shape index (κ2) is 8.19. The fourth-order valence-electron chi connectivity index (χ4n) is 2.79.